The molecule has 0 bridgehead atoms. The normalized spacial score (nSPS) is 15.6. The van der Waals surface area contributed by atoms with Gasteiger partial charge in [0.1, 0.15) is 0 Å². The van der Waals surface area contributed by atoms with Crippen molar-refractivity contribution in [1.29, 1.82) is 0 Å². The highest BCUT2D eigenvalue weighted by atomic mass is 16.8. The first-order valence-corrected chi connectivity index (χ1v) is 3.93. The third-order valence-corrected chi connectivity index (χ3v) is 1.79. The Labute approximate surface area is 95.6 Å². The van der Waals surface area contributed by atoms with Crippen molar-refractivity contribution in [3.63, 3.8) is 0 Å². The monoisotopic (exact) mass is 268 g/mol. The van der Waals surface area contributed by atoms with Crippen LogP contribution in [0.1, 0.15) is 0 Å². The topological polar surface area (TPSA) is 186 Å². The predicted molar refractivity (Wildman–Crippen MR) is 45.1 cm³/mol. The molecule has 0 amide bonds. The number of nitro groups is 4. The van der Waals surface area contributed by atoms with Gasteiger partial charge >= 0.3 is 0 Å². The van der Waals surface area contributed by atoms with Gasteiger partial charge in [-0.05, 0) is 0 Å². The Hall–Kier alpha value is -3.20. The lowest BCUT2D eigenvalue weighted by atomic mass is 10.9. The number of rotatable bonds is 4. The Bertz CT molecular complexity index is 334. The van der Waals surface area contributed by atoms with Crippen molar-refractivity contribution in [2.75, 3.05) is 13.3 Å². The minimum absolute atomic E-state index is 0.233. The quantitative estimate of drug-likeness (QED) is 0.393. The predicted octanol–water partition coefficient (Wildman–Crippen LogP) is -2.28. The first kappa shape index (κ1) is 12.9. The van der Waals surface area contributed by atoms with Gasteiger partial charge in [0.05, 0.1) is 20.5 Å². The Morgan fingerprint density at radius 2 is 0.722 bits per heavy atom. The van der Waals surface area contributed by atoms with Gasteiger partial charge in [0.15, 0.2) is 20.1 Å². The molecular formula is C2H4N8O8. The molecule has 1 aliphatic rings. The van der Waals surface area contributed by atoms with Crippen LogP contribution in [0.5, 0.6) is 0 Å². The molecule has 16 heteroatoms. The van der Waals surface area contributed by atoms with E-state index in [1.54, 1.807) is 0 Å². The smallest absolute Gasteiger partial charge is 0.233 e. The second-order valence-electron chi connectivity index (χ2n) is 2.72. The summed E-state index contributed by atoms with van der Waals surface area (Å²) < 4.78 is 0. The highest BCUT2D eigenvalue weighted by Crippen LogP contribution is 2.13. The average molecular weight is 268 g/mol. The maximum atomic E-state index is 10.5. The lowest BCUT2D eigenvalue weighted by Gasteiger charge is -2.29. The van der Waals surface area contributed by atoms with Crippen LogP contribution in [0.2, 0.25) is 0 Å². The van der Waals surface area contributed by atoms with Crippen molar-refractivity contribution in [2.24, 2.45) is 0 Å². The summed E-state index contributed by atoms with van der Waals surface area (Å²) in [5.41, 5.74) is 0. The summed E-state index contributed by atoms with van der Waals surface area (Å²) >= 11 is 0. The van der Waals surface area contributed by atoms with Crippen molar-refractivity contribution >= 4 is 0 Å². The van der Waals surface area contributed by atoms with Gasteiger partial charge in [-0.15, -0.1) is 0 Å². The van der Waals surface area contributed by atoms with Gasteiger partial charge in [-0.3, -0.25) is 0 Å². The van der Waals surface area contributed by atoms with E-state index in [-0.39, 0.29) is 20.5 Å². The molecule has 0 aromatic heterocycles. The van der Waals surface area contributed by atoms with E-state index in [2.05, 4.69) is 0 Å². The van der Waals surface area contributed by atoms with Gasteiger partial charge in [0, 0.05) is 0 Å². The van der Waals surface area contributed by atoms with Crippen LogP contribution in [0.4, 0.5) is 0 Å². The molecule has 1 fully saturated rings. The molecule has 1 heterocycles. The van der Waals surface area contributed by atoms with Crippen molar-refractivity contribution in [3.8, 4) is 0 Å². The van der Waals surface area contributed by atoms with E-state index in [0.717, 1.165) is 0 Å². The molecule has 0 aromatic rings. The average Bonchev–Trinajstić information content (AvgIpc) is 2.26. The van der Waals surface area contributed by atoms with Gasteiger partial charge in [-0.1, -0.05) is 0 Å². The largest absolute Gasteiger partial charge is 0.266 e. The van der Waals surface area contributed by atoms with Crippen molar-refractivity contribution < 1.29 is 20.1 Å². The molecule has 0 N–H and O–H groups in total. The fourth-order valence-corrected chi connectivity index (χ4v) is 1.06. The fraction of sp³-hybridized carbons (Fsp3) is 1.00. The molecule has 1 saturated heterocycles. The van der Waals surface area contributed by atoms with E-state index < -0.39 is 33.5 Å². The fourth-order valence-electron chi connectivity index (χ4n) is 1.06. The van der Waals surface area contributed by atoms with Crippen LogP contribution in [-0.2, 0) is 0 Å². The van der Waals surface area contributed by atoms with Gasteiger partial charge in [0.25, 0.3) is 13.3 Å². The minimum atomic E-state index is -1.30. The van der Waals surface area contributed by atoms with E-state index in [1.807, 2.05) is 0 Å². The maximum Gasteiger partial charge on any atom is 0.266 e. The molecule has 0 aliphatic carbocycles. The van der Waals surface area contributed by atoms with E-state index in [9.17, 15) is 40.5 Å². The molecular weight excluding hydrogens is 264 g/mol. The molecule has 1 rings (SSSR count). The SMILES string of the molecule is O=[N+]([O-])N1CN([N+](=O)[O-])N([N+](=O)[O-])CN1[N+](=O)[O-]. The number of hydrogen-bond acceptors (Lipinski definition) is 8. The lowest BCUT2D eigenvalue weighted by molar-refractivity contribution is -0.915. The Morgan fingerprint density at radius 1 is 0.556 bits per heavy atom. The second-order valence-corrected chi connectivity index (χ2v) is 2.72. The van der Waals surface area contributed by atoms with Crippen molar-refractivity contribution in [2.45, 2.75) is 0 Å². The Balaban J connectivity index is 3.06. The van der Waals surface area contributed by atoms with Gasteiger partial charge in [-0.25, -0.2) is 40.5 Å². The Morgan fingerprint density at radius 3 is 0.833 bits per heavy atom. The third-order valence-electron chi connectivity index (χ3n) is 1.79. The molecule has 0 spiro atoms. The maximum absolute atomic E-state index is 10.5. The molecule has 16 nitrogen and oxygen atoms in total. The van der Waals surface area contributed by atoms with Gasteiger partial charge in [-0.2, -0.15) is 0 Å². The van der Waals surface area contributed by atoms with E-state index in [1.165, 1.54) is 0 Å². The number of hydrogen-bond donors (Lipinski definition) is 0. The minimum Gasteiger partial charge on any atom is -0.233 e. The van der Waals surface area contributed by atoms with Gasteiger partial charge in [0.2, 0.25) is 0 Å². The summed E-state index contributed by atoms with van der Waals surface area (Å²) in [4.78, 5) is 41.8. The molecule has 0 saturated carbocycles. The molecule has 0 atom stereocenters. The molecule has 18 heavy (non-hydrogen) atoms. The van der Waals surface area contributed by atoms with E-state index >= 15 is 0 Å². The zero-order valence-electron chi connectivity index (χ0n) is 8.26. The second kappa shape index (κ2) is 4.35. The highest BCUT2D eigenvalue weighted by Gasteiger charge is 2.52. The standard InChI is InChI=1S/C2H4N8O8/c11-7(12)3-1-4(8(13)14)6(10(17)18)2-5(3)9(15)16/h1-2H2. The summed E-state index contributed by atoms with van der Waals surface area (Å²) in [6.07, 6.45) is 0. The molecule has 0 aromatic carbocycles. The van der Waals surface area contributed by atoms with Crippen molar-refractivity contribution in [3.05, 3.63) is 40.5 Å². The van der Waals surface area contributed by atoms with Crippen LogP contribution in [-0.4, -0.2) is 53.9 Å². The zero-order valence-corrected chi connectivity index (χ0v) is 8.26. The number of hydrazine groups is 6. The summed E-state index contributed by atoms with van der Waals surface area (Å²) in [7, 11) is 0. The van der Waals surface area contributed by atoms with Crippen LogP contribution in [0, 0.1) is 40.5 Å². The first-order valence-electron chi connectivity index (χ1n) is 3.93. The van der Waals surface area contributed by atoms with Crippen LogP contribution >= 0.6 is 0 Å². The van der Waals surface area contributed by atoms with Crippen LogP contribution in [0.15, 0.2) is 0 Å². The van der Waals surface area contributed by atoms with Crippen LogP contribution in [0.3, 0.4) is 0 Å². The van der Waals surface area contributed by atoms with E-state index in [0.29, 0.717) is 0 Å². The number of nitrogens with zero attached hydrogens (tertiary/aromatic N) is 8. The summed E-state index contributed by atoms with van der Waals surface area (Å²) in [6, 6.07) is 0. The summed E-state index contributed by atoms with van der Waals surface area (Å²) in [6.45, 7) is -2.58. The molecule has 1 aliphatic heterocycles. The summed E-state index contributed by atoms with van der Waals surface area (Å²) in [5.74, 6) is 0. The van der Waals surface area contributed by atoms with Crippen molar-refractivity contribution in [1.82, 2.24) is 20.5 Å². The van der Waals surface area contributed by atoms with Crippen LogP contribution < -0.4 is 0 Å². The highest BCUT2D eigenvalue weighted by molar-refractivity contribution is 4.42. The summed E-state index contributed by atoms with van der Waals surface area (Å²) in [5, 5.41) is 35.7. The van der Waals surface area contributed by atoms with Gasteiger partial charge < -0.3 is 0 Å². The van der Waals surface area contributed by atoms with E-state index in [4.69, 9.17) is 0 Å². The first-order chi connectivity index (χ1) is 8.25. The Kier molecular flexibility index (Phi) is 3.11. The third kappa shape index (κ3) is 2.15. The molecule has 0 unspecified atom stereocenters. The van der Waals surface area contributed by atoms with Crippen LogP contribution in [0.25, 0.3) is 0 Å². The molecule has 0 radical (unpaired) electrons. The molecule has 100 valence electrons. The zero-order chi connectivity index (χ0) is 14.0. The lowest BCUT2D eigenvalue weighted by Crippen LogP contribution is -2.68.